The van der Waals surface area contributed by atoms with Crippen molar-refractivity contribution in [2.75, 3.05) is 34.6 Å². The lowest BCUT2D eigenvalue weighted by atomic mass is 10.2. The van der Waals surface area contributed by atoms with Crippen molar-refractivity contribution in [3.05, 3.63) is 0 Å². The minimum atomic E-state index is -7.24. The number of alkyl halides is 17. The Labute approximate surface area is 209 Å². The van der Waals surface area contributed by atoms with Crippen LogP contribution in [0.15, 0.2) is 0 Å². The van der Waals surface area contributed by atoms with Crippen molar-refractivity contribution >= 4 is 10.1 Å². The molecule has 0 amide bonds. The first-order valence-corrected chi connectivity index (χ1v) is 8.39. The Bertz CT molecular complexity index is 586. The fourth-order valence-electron chi connectivity index (χ4n) is 0.830. The van der Waals surface area contributed by atoms with Crippen LogP contribution >= 0.6 is 0 Å². The van der Waals surface area contributed by atoms with Crippen LogP contribution in [0.2, 0.25) is 0 Å². The minimum Gasteiger partial charge on any atom is -0.284 e. The van der Waals surface area contributed by atoms with Gasteiger partial charge in [0.25, 0.3) is 0 Å². The molecule has 1 N–H and O–H groups in total. The van der Waals surface area contributed by atoms with Crippen molar-refractivity contribution < 1.29 is 97.1 Å². The van der Waals surface area contributed by atoms with Gasteiger partial charge in [0.1, 0.15) is 0 Å². The number of ether oxygens (including phenoxy) is 2. The van der Waals surface area contributed by atoms with Gasteiger partial charge in [0.15, 0.2) is 6.86 Å². The Hall–Kier alpha value is -1.36. The number of hydrogen-bond acceptors (Lipinski definition) is 4. The molecule has 1 atom stereocenters. The van der Waals surface area contributed by atoms with Gasteiger partial charge >= 0.3 is 39.6 Å². The lowest BCUT2D eigenvalue weighted by Crippen LogP contribution is -2.64. The van der Waals surface area contributed by atoms with E-state index in [0.29, 0.717) is 7.18 Å². The molecule has 0 bridgehead atoms. The minimum absolute atomic E-state index is 0. The summed E-state index contributed by atoms with van der Waals surface area (Å²) in [6.45, 7) is -5.20. The van der Waals surface area contributed by atoms with E-state index in [4.69, 9.17) is 4.55 Å². The average Bonchev–Trinajstić information content (AvgIpc) is 2.63. The quantitative estimate of drug-likeness (QED) is 0.221. The van der Waals surface area contributed by atoms with Crippen LogP contribution in [0.3, 0.4) is 0 Å². The van der Waals surface area contributed by atoms with Crippen LogP contribution < -0.4 is 0 Å². The molecular formula is C15H31F17O5S. The third kappa shape index (κ3) is 19.7. The van der Waals surface area contributed by atoms with Crippen LogP contribution in [-0.4, -0.2) is 77.0 Å². The van der Waals surface area contributed by atoms with Gasteiger partial charge in [0.2, 0.25) is 13.9 Å². The molecular weight excluding hydrogens is 615 g/mol. The molecule has 5 nitrogen and oxygen atoms in total. The molecule has 0 aromatic heterocycles. The number of hydrogen-bond donors (Lipinski definition) is 1. The molecule has 0 aliphatic carbocycles. The van der Waals surface area contributed by atoms with E-state index in [2.05, 4.69) is 4.74 Å². The maximum atomic E-state index is 13.2. The van der Waals surface area contributed by atoms with Crippen LogP contribution in [0, 0.1) is 0 Å². The summed E-state index contributed by atoms with van der Waals surface area (Å²) in [6, 6.07) is 0. The highest BCUT2D eigenvalue weighted by Crippen LogP contribution is 2.52. The standard InChI is InChI=1S/C6H3F11O5S.C2H5F.2CH2F2.CH3F.4CH4/c7-1-21-4(12,13)2(8,3(9,10)11)22-5(14,15)6(16,17)23(18,19)20;1-2-3;2*2-1-3;1-2;;;;/h1H2,(H,18,19,20);2H2,1H3;2*1H2;1H3;4*1H4. The smallest absolute Gasteiger partial charge is 0.284 e. The van der Waals surface area contributed by atoms with Gasteiger partial charge in [-0.15, -0.1) is 0 Å². The Morgan fingerprint density at radius 2 is 0.895 bits per heavy atom. The zero-order chi connectivity index (χ0) is 29.2. The second kappa shape index (κ2) is 25.9. The topological polar surface area (TPSA) is 72.8 Å². The molecule has 0 radical (unpaired) electrons. The molecule has 1 unspecified atom stereocenters. The van der Waals surface area contributed by atoms with Gasteiger partial charge in [-0.25, -0.2) is 22.0 Å². The lowest BCUT2D eigenvalue weighted by molar-refractivity contribution is -0.515. The average molecular weight is 646 g/mol. The summed E-state index contributed by atoms with van der Waals surface area (Å²) in [5.41, 5.74) is 0. The van der Waals surface area contributed by atoms with E-state index in [0.717, 1.165) is 0 Å². The first-order chi connectivity index (χ1) is 15.0. The van der Waals surface area contributed by atoms with Crippen molar-refractivity contribution in [3.63, 3.8) is 0 Å². The highest BCUT2D eigenvalue weighted by atomic mass is 32.2. The van der Waals surface area contributed by atoms with E-state index >= 15 is 0 Å². The zero-order valence-corrected chi connectivity index (χ0v) is 17.1. The van der Waals surface area contributed by atoms with Crippen molar-refractivity contribution in [2.24, 2.45) is 0 Å². The molecule has 0 aliphatic rings. The molecule has 38 heavy (non-hydrogen) atoms. The van der Waals surface area contributed by atoms with E-state index < -0.39 is 60.3 Å². The summed E-state index contributed by atoms with van der Waals surface area (Å²) in [5.74, 6) is -7.11. The predicted molar refractivity (Wildman–Crippen MR) is 104 cm³/mol. The fraction of sp³-hybridized carbons (Fsp3) is 1.00. The predicted octanol–water partition coefficient (Wildman–Crippen LogP) is 8.71. The Morgan fingerprint density at radius 3 is 1.05 bits per heavy atom. The Morgan fingerprint density at radius 1 is 0.658 bits per heavy atom. The van der Waals surface area contributed by atoms with Crippen LogP contribution in [-0.2, 0) is 19.6 Å². The van der Waals surface area contributed by atoms with Gasteiger partial charge in [0.05, 0.1) is 13.9 Å². The Balaban J connectivity index is -0.0000000690. The summed E-state index contributed by atoms with van der Waals surface area (Å²) in [6.07, 6.45) is -21.0. The first-order valence-electron chi connectivity index (χ1n) is 6.95. The molecule has 0 aromatic carbocycles. The molecule has 0 saturated carbocycles. The molecule has 0 saturated heterocycles. The van der Waals surface area contributed by atoms with Crippen LogP contribution in [0.5, 0.6) is 0 Å². The maximum absolute atomic E-state index is 13.2. The molecule has 0 aromatic rings. The normalized spacial score (nSPS) is 12.4. The van der Waals surface area contributed by atoms with E-state index in [1.165, 1.54) is 6.92 Å². The highest BCUT2D eigenvalue weighted by molar-refractivity contribution is 7.86. The van der Waals surface area contributed by atoms with Crippen LogP contribution in [0.1, 0.15) is 36.6 Å². The van der Waals surface area contributed by atoms with Gasteiger partial charge in [-0.2, -0.15) is 52.3 Å². The zero-order valence-electron chi connectivity index (χ0n) is 16.2. The van der Waals surface area contributed by atoms with Gasteiger partial charge in [-0.1, -0.05) is 29.7 Å². The van der Waals surface area contributed by atoms with Crippen molar-refractivity contribution in [1.82, 2.24) is 0 Å². The molecule has 246 valence electrons. The van der Waals surface area contributed by atoms with Crippen molar-refractivity contribution in [1.29, 1.82) is 0 Å². The summed E-state index contributed by atoms with van der Waals surface area (Å²) in [4.78, 5) is 0. The van der Waals surface area contributed by atoms with Gasteiger partial charge < -0.3 is 0 Å². The summed E-state index contributed by atoms with van der Waals surface area (Å²) < 4.78 is 227. The van der Waals surface area contributed by atoms with Crippen molar-refractivity contribution in [2.45, 2.75) is 66.1 Å². The third-order valence-electron chi connectivity index (χ3n) is 1.91. The van der Waals surface area contributed by atoms with Gasteiger partial charge in [-0.3, -0.25) is 22.8 Å². The third-order valence-corrected chi connectivity index (χ3v) is 2.79. The lowest BCUT2D eigenvalue weighted by Gasteiger charge is -2.36. The highest BCUT2D eigenvalue weighted by Gasteiger charge is 2.81. The number of halogens is 17. The molecule has 0 spiro atoms. The monoisotopic (exact) mass is 646 g/mol. The van der Waals surface area contributed by atoms with E-state index in [1.54, 1.807) is 4.74 Å². The van der Waals surface area contributed by atoms with Crippen LogP contribution in [0.4, 0.5) is 74.6 Å². The first kappa shape index (κ1) is 60.9. The van der Waals surface area contributed by atoms with Gasteiger partial charge in [0, 0.05) is 0 Å². The fourth-order valence-corrected chi connectivity index (χ4v) is 1.17. The van der Waals surface area contributed by atoms with E-state index in [1.807, 2.05) is 0 Å². The number of rotatable bonds is 7. The largest absolute Gasteiger partial charge is 0.460 e. The summed E-state index contributed by atoms with van der Waals surface area (Å²) >= 11 is 0. The molecule has 0 rings (SSSR count). The second-order valence-corrected chi connectivity index (χ2v) is 5.41. The van der Waals surface area contributed by atoms with Gasteiger partial charge in [-0.05, 0) is 6.92 Å². The summed E-state index contributed by atoms with van der Waals surface area (Å²) in [5, 5.41) is -6.98. The summed E-state index contributed by atoms with van der Waals surface area (Å²) in [7, 11) is -6.74. The maximum Gasteiger partial charge on any atom is 0.460 e. The second-order valence-electron chi connectivity index (χ2n) is 3.94. The Kier molecular flexibility index (Phi) is 41.5. The van der Waals surface area contributed by atoms with Crippen molar-refractivity contribution in [3.8, 4) is 0 Å². The molecule has 0 aliphatic heterocycles. The van der Waals surface area contributed by atoms with E-state index in [-0.39, 0.29) is 36.4 Å². The molecule has 0 heterocycles. The van der Waals surface area contributed by atoms with E-state index in [9.17, 15) is 83.1 Å². The SMILES string of the molecule is C.C.C.C.CCF.CF.FCF.FCF.O=S(=O)(O)C(F)(F)C(F)(F)OC(F)(C(F)(F)F)C(F)(F)OCF. The molecule has 0 fully saturated rings. The molecule has 23 heteroatoms. The van der Waals surface area contributed by atoms with Crippen LogP contribution in [0.25, 0.3) is 0 Å².